The van der Waals surface area contributed by atoms with Crippen LogP contribution in [0.5, 0.6) is 0 Å². The lowest BCUT2D eigenvalue weighted by Crippen LogP contribution is -1.92. The summed E-state index contributed by atoms with van der Waals surface area (Å²) in [6.07, 6.45) is 1.74. The Morgan fingerprint density at radius 2 is 1.93 bits per heavy atom. The first kappa shape index (κ1) is 9.99. The third-order valence-electron chi connectivity index (χ3n) is 2.14. The van der Waals surface area contributed by atoms with Crippen LogP contribution in [-0.4, -0.2) is 0 Å². The second kappa shape index (κ2) is 4.80. The molecule has 0 amide bonds. The van der Waals surface area contributed by atoms with E-state index in [1.54, 1.807) is 6.26 Å². The average molecular weight is 202 g/mol. The summed E-state index contributed by atoms with van der Waals surface area (Å²) in [7, 11) is 0. The third kappa shape index (κ3) is 2.96. The number of hydrogen-bond acceptors (Lipinski definition) is 2. The zero-order chi connectivity index (χ0) is 10.5. The van der Waals surface area contributed by atoms with Gasteiger partial charge < -0.3 is 9.15 Å². The first-order valence-electron chi connectivity index (χ1n) is 5.00. The van der Waals surface area contributed by atoms with Gasteiger partial charge in [-0.3, -0.25) is 0 Å². The van der Waals surface area contributed by atoms with Gasteiger partial charge in [0.15, 0.2) is 0 Å². The second-order valence-corrected chi connectivity index (χ2v) is 3.57. The molecule has 0 aliphatic carbocycles. The van der Waals surface area contributed by atoms with Crippen LogP contribution >= 0.6 is 0 Å². The van der Waals surface area contributed by atoms with Crippen LogP contribution < -0.4 is 0 Å². The van der Waals surface area contributed by atoms with E-state index in [4.69, 9.17) is 9.15 Å². The van der Waals surface area contributed by atoms with Crippen molar-refractivity contribution in [2.45, 2.75) is 20.1 Å². The van der Waals surface area contributed by atoms with E-state index in [0.29, 0.717) is 13.2 Å². The highest BCUT2D eigenvalue weighted by Gasteiger charge is 1.98. The fraction of sp³-hybridized carbons (Fsp3) is 0.231. The number of hydrogen-bond donors (Lipinski definition) is 0. The van der Waals surface area contributed by atoms with E-state index in [-0.39, 0.29) is 0 Å². The highest BCUT2D eigenvalue weighted by atomic mass is 16.5. The monoisotopic (exact) mass is 202 g/mol. The maximum Gasteiger partial charge on any atom is 0.129 e. The fourth-order valence-corrected chi connectivity index (χ4v) is 1.41. The highest BCUT2D eigenvalue weighted by molar-refractivity contribution is 5.13. The number of benzene rings is 1. The summed E-state index contributed by atoms with van der Waals surface area (Å²) < 4.78 is 10.8. The van der Waals surface area contributed by atoms with Crippen LogP contribution in [0.1, 0.15) is 16.9 Å². The minimum atomic E-state index is 0.530. The van der Waals surface area contributed by atoms with Gasteiger partial charge in [0.2, 0.25) is 0 Å². The summed E-state index contributed by atoms with van der Waals surface area (Å²) in [5, 5.41) is 0. The lowest BCUT2D eigenvalue weighted by Gasteiger charge is -2.01. The van der Waals surface area contributed by atoms with Gasteiger partial charge in [-0.1, -0.05) is 30.3 Å². The van der Waals surface area contributed by atoms with Crippen molar-refractivity contribution >= 4 is 0 Å². The second-order valence-electron chi connectivity index (χ2n) is 3.57. The standard InChI is InChI=1S/C13H14O2/c1-11-7-13(15-8-11)10-14-9-12-5-3-2-4-6-12/h2-8H,9-10H2,1H3. The van der Waals surface area contributed by atoms with Gasteiger partial charge in [-0.05, 0) is 24.1 Å². The maximum atomic E-state index is 5.53. The van der Waals surface area contributed by atoms with Gasteiger partial charge >= 0.3 is 0 Å². The Hall–Kier alpha value is -1.54. The zero-order valence-corrected chi connectivity index (χ0v) is 8.77. The minimum Gasteiger partial charge on any atom is -0.467 e. The fourth-order valence-electron chi connectivity index (χ4n) is 1.41. The van der Waals surface area contributed by atoms with Crippen molar-refractivity contribution in [2.24, 2.45) is 0 Å². The molecule has 0 unspecified atom stereocenters. The van der Waals surface area contributed by atoms with E-state index in [0.717, 1.165) is 11.3 Å². The molecule has 0 aliphatic rings. The molecule has 2 heteroatoms. The first-order chi connectivity index (χ1) is 7.34. The van der Waals surface area contributed by atoms with Crippen molar-refractivity contribution in [3.8, 4) is 0 Å². The van der Waals surface area contributed by atoms with Crippen LogP contribution in [0.15, 0.2) is 47.1 Å². The normalized spacial score (nSPS) is 10.5. The summed E-state index contributed by atoms with van der Waals surface area (Å²) in [5.74, 6) is 0.878. The molecule has 1 aromatic heterocycles. The van der Waals surface area contributed by atoms with Crippen molar-refractivity contribution in [1.29, 1.82) is 0 Å². The zero-order valence-electron chi connectivity index (χ0n) is 8.77. The van der Waals surface area contributed by atoms with Gasteiger partial charge in [-0.2, -0.15) is 0 Å². The quantitative estimate of drug-likeness (QED) is 0.759. The summed E-state index contributed by atoms with van der Waals surface area (Å²) >= 11 is 0. The number of rotatable bonds is 4. The van der Waals surface area contributed by atoms with E-state index < -0.39 is 0 Å². The molecule has 1 heterocycles. The Morgan fingerprint density at radius 3 is 2.60 bits per heavy atom. The molecule has 78 valence electrons. The predicted molar refractivity (Wildman–Crippen MR) is 58.4 cm³/mol. The molecular weight excluding hydrogens is 188 g/mol. The van der Waals surface area contributed by atoms with E-state index >= 15 is 0 Å². The molecule has 0 aliphatic heterocycles. The van der Waals surface area contributed by atoms with Crippen LogP contribution in [0.3, 0.4) is 0 Å². The third-order valence-corrected chi connectivity index (χ3v) is 2.14. The SMILES string of the molecule is Cc1coc(COCc2ccccc2)c1. The summed E-state index contributed by atoms with van der Waals surface area (Å²) in [6, 6.07) is 12.1. The molecule has 15 heavy (non-hydrogen) atoms. The largest absolute Gasteiger partial charge is 0.467 e. The molecule has 0 spiro atoms. The van der Waals surface area contributed by atoms with Crippen LogP contribution in [-0.2, 0) is 18.0 Å². The molecule has 2 rings (SSSR count). The predicted octanol–water partition coefficient (Wildman–Crippen LogP) is 3.30. The molecule has 0 saturated carbocycles. The Bertz CT molecular complexity index is 403. The maximum absolute atomic E-state index is 5.53. The van der Waals surface area contributed by atoms with Gasteiger partial charge in [0.1, 0.15) is 12.4 Å². The Morgan fingerprint density at radius 1 is 1.13 bits per heavy atom. The molecule has 0 radical (unpaired) electrons. The smallest absolute Gasteiger partial charge is 0.129 e. The molecule has 0 bridgehead atoms. The number of aryl methyl sites for hydroxylation is 1. The summed E-state index contributed by atoms with van der Waals surface area (Å²) in [5.41, 5.74) is 2.31. The van der Waals surface area contributed by atoms with E-state index in [2.05, 4.69) is 0 Å². The van der Waals surface area contributed by atoms with Crippen molar-refractivity contribution in [1.82, 2.24) is 0 Å². The van der Waals surface area contributed by atoms with Crippen LogP contribution in [0, 0.1) is 6.92 Å². The molecule has 0 saturated heterocycles. The van der Waals surface area contributed by atoms with Crippen molar-refractivity contribution < 1.29 is 9.15 Å². The van der Waals surface area contributed by atoms with E-state index in [1.165, 1.54) is 5.56 Å². The lowest BCUT2D eigenvalue weighted by atomic mass is 10.2. The summed E-state index contributed by atoms with van der Waals surface area (Å²) in [6.45, 7) is 3.16. The number of furan rings is 1. The molecule has 0 fully saturated rings. The van der Waals surface area contributed by atoms with E-state index in [9.17, 15) is 0 Å². The van der Waals surface area contributed by atoms with Crippen molar-refractivity contribution in [3.05, 3.63) is 59.5 Å². The Balaban J connectivity index is 1.80. The molecule has 2 aromatic rings. The minimum absolute atomic E-state index is 0.530. The molecular formula is C13H14O2. The van der Waals surface area contributed by atoms with Gasteiger partial charge in [0.25, 0.3) is 0 Å². The Kier molecular flexibility index (Phi) is 3.20. The van der Waals surface area contributed by atoms with Gasteiger partial charge in [-0.15, -0.1) is 0 Å². The highest BCUT2D eigenvalue weighted by Crippen LogP contribution is 2.09. The lowest BCUT2D eigenvalue weighted by molar-refractivity contribution is 0.0929. The molecule has 1 aromatic carbocycles. The number of ether oxygens (including phenoxy) is 1. The van der Waals surface area contributed by atoms with Crippen LogP contribution in [0.4, 0.5) is 0 Å². The summed E-state index contributed by atoms with van der Waals surface area (Å²) in [4.78, 5) is 0. The first-order valence-corrected chi connectivity index (χ1v) is 5.00. The van der Waals surface area contributed by atoms with Crippen LogP contribution in [0.2, 0.25) is 0 Å². The van der Waals surface area contributed by atoms with Gasteiger partial charge in [0.05, 0.1) is 12.9 Å². The van der Waals surface area contributed by atoms with E-state index in [1.807, 2.05) is 43.3 Å². The van der Waals surface area contributed by atoms with Crippen molar-refractivity contribution in [3.63, 3.8) is 0 Å². The topological polar surface area (TPSA) is 22.4 Å². The average Bonchev–Trinajstić information content (AvgIpc) is 2.66. The van der Waals surface area contributed by atoms with Gasteiger partial charge in [0, 0.05) is 0 Å². The van der Waals surface area contributed by atoms with Crippen molar-refractivity contribution in [2.75, 3.05) is 0 Å². The Labute approximate surface area is 89.5 Å². The molecule has 0 atom stereocenters. The molecule has 0 N–H and O–H groups in total. The van der Waals surface area contributed by atoms with Gasteiger partial charge in [-0.25, -0.2) is 0 Å². The molecule has 2 nitrogen and oxygen atoms in total. The van der Waals surface area contributed by atoms with Crippen LogP contribution in [0.25, 0.3) is 0 Å².